The van der Waals surface area contributed by atoms with E-state index in [1.165, 1.54) is 0 Å². The zero-order valence-electron chi connectivity index (χ0n) is 8.32. The Labute approximate surface area is 88.1 Å². The number of carbonyl (C=O) groups excluding carboxylic acids is 1. The second-order valence-electron chi connectivity index (χ2n) is 2.87. The van der Waals surface area contributed by atoms with Gasteiger partial charge in [-0.1, -0.05) is 0 Å². The third-order valence-corrected chi connectivity index (χ3v) is 1.88. The van der Waals surface area contributed by atoms with Crippen molar-refractivity contribution in [3.63, 3.8) is 0 Å². The number of halogens is 1. The first-order chi connectivity index (χ1) is 7.47. The van der Waals surface area contributed by atoms with Gasteiger partial charge in [0, 0.05) is 6.54 Å². The van der Waals surface area contributed by atoms with Crippen LogP contribution in [0.2, 0.25) is 0 Å². The minimum Gasteiger partial charge on any atom is -0.492 e. The van der Waals surface area contributed by atoms with E-state index in [1.807, 2.05) is 0 Å². The third kappa shape index (κ3) is 2.27. The SMILES string of the molecule is COC(=O)CCn1c(O)c(F)c(=O)[nH]c1=O. The number of hydrogen-bond donors (Lipinski definition) is 2. The minimum absolute atomic E-state index is 0.227. The lowest BCUT2D eigenvalue weighted by atomic mass is 10.4. The molecule has 2 N–H and O–H groups in total. The van der Waals surface area contributed by atoms with E-state index in [4.69, 9.17) is 5.11 Å². The highest BCUT2D eigenvalue weighted by Crippen LogP contribution is 2.07. The van der Waals surface area contributed by atoms with E-state index in [2.05, 4.69) is 4.74 Å². The van der Waals surface area contributed by atoms with Crippen LogP contribution in [0.1, 0.15) is 6.42 Å². The Morgan fingerprint density at radius 3 is 2.75 bits per heavy atom. The quantitative estimate of drug-likeness (QED) is 0.647. The maximum Gasteiger partial charge on any atom is 0.331 e. The number of hydrogen-bond acceptors (Lipinski definition) is 5. The summed E-state index contributed by atoms with van der Waals surface area (Å²) in [5.41, 5.74) is -2.30. The Balaban J connectivity index is 3.06. The Bertz CT molecular complexity index is 518. The van der Waals surface area contributed by atoms with Crippen LogP contribution in [0, 0.1) is 5.82 Å². The lowest BCUT2D eigenvalue weighted by Gasteiger charge is -2.06. The van der Waals surface area contributed by atoms with E-state index in [9.17, 15) is 18.8 Å². The second kappa shape index (κ2) is 4.60. The van der Waals surface area contributed by atoms with Crippen LogP contribution in [0.15, 0.2) is 9.59 Å². The summed E-state index contributed by atoms with van der Waals surface area (Å²) in [4.78, 5) is 34.3. The number of rotatable bonds is 3. The van der Waals surface area contributed by atoms with Gasteiger partial charge in [-0.2, -0.15) is 4.39 Å². The van der Waals surface area contributed by atoms with Gasteiger partial charge in [-0.3, -0.25) is 19.1 Å². The van der Waals surface area contributed by atoms with Crippen LogP contribution >= 0.6 is 0 Å². The predicted molar refractivity (Wildman–Crippen MR) is 49.6 cm³/mol. The molecule has 1 rings (SSSR count). The number of esters is 1. The van der Waals surface area contributed by atoms with Crippen LogP contribution in [-0.2, 0) is 16.1 Å². The smallest absolute Gasteiger partial charge is 0.331 e. The van der Waals surface area contributed by atoms with E-state index >= 15 is 0 Å². The first-order valence-electron chi connectivity index (χ1n) is 4.25. The fraction of sp³-hybridized carbons (Fsp3) is 0.375. The average Bonchev–Trinajstić information content (AvgIpc) is 2.25. The van der Waals surface area contributed by atoms with Crippen LogP contribution in [0.25, 0.3) is 0 Å². The van der Waals surface area contributed by atoms with Crippen molar-refractivity contribution < 1.29 is 19.0 Å². The number of nitrogens with one attached hydrogen (secondary N) is 1. The zero-order chi connectivity index (χ0) is 12.3. The van der Waals surface area contributed by atoms with E-state index < -0.39 is 28.9 Å². The van der Waals surface area contributed by atoms with Gasteiger partial charge in [-0.25, -0.2) is 4.79 Å². The Hall–Kier alpha value is -2.12. The van der Waals surface area contributed by atoms with Gasteiger partial charge in [0.15, 0.2) is 0 Å². The van der Waals surface area contributed by atoms with Crippen molar-refractivity contribution in [1.29, 1.82) is 0 Å². The molecule has 0 aliphatic carbocycles. The number of aromatic amines is 1. The number of aromatic nitrogens is 2. The topological polar surface area (TPSA) is 101 Å². The van der Waals surface area contributed by atoms with Gasteiger partial charge in [0.2, 0.25) is 11.7 Å². The first-order valence-corrected chi connectivity index (χ1v) is 4.25. The number of nitrogens with zero attached hydrogens (tertiary/aromatic N) is 1. The lowest BCUT2D eigenvalue weighted by Crippen LogP contribution is -2.32. The molecule has 16 heavy (non-hydrogen) atoms. The fourth-order valence-corrected chi connectivity index (χ4v) is 1.05. The molecule has 0 aromatic carbocycles. The molecule has 1 heterocycles. The van der Waals surface area contributed by atoms with Gasteiger partial charge in [0.25, 0.3) is 5.56 Å². The molecule has 8 heteroatoms. The van der Waals surface area contributed by atoms with Crippen LogP contribution in [0.4, 0.5) is 4.39 Å². The molecular formula is C8H9FN2O5. The Morgan fingerprint density at radius 1 is 1.56 bits per heavy atom. The summed E-state index contributed by atoms with van der Waals surface area (Å²) >= 11 is 0. The molecule has 0 spiro atoms. The maximum absolute atomic E-state index is 12.9. The van der Waals surface area contributed by atoms with E-state index in [-0.39, 0.29) is 13.0 Å². The summed E-state index contributed by atoms with van der Waals surface area (Å²) in [6.07, 6.45) is -0.227. The standard InChI is InChI=1S/C8H9FN2O5/c1-16-4(12)2-3-11-7(14)5(9)6(13)10-8(11)15/h14H,2-3H2,1H3,(H,10,13,15). The summed E-state index contributed by atoms with van der Waals surface area (Å²) in [5.74, 6) is -3.19. The molecule has 0 aliphatic rings. The Morgan fingerprint density at radius 2 is 2.19 bits per heavy atom. The van der Waals surface area contributed by atoms with Gasteiger partial charge in [-0.15, -0.1) is 0 Å². The summed E-state index contributed by atoms with van der Waals surface area (Å²) in [5, 5.41) is 9.16. The Kier molecular flexibility index (Phi) is 3.44. The molecule has 0 unspecified atom stereocenters. The van der Waals surface area contributed by atoms with E-state index in [0.717, 1.165) is 7.11 Å². The van der Waals surface area contributed by atoms with Crippen molar-refractivity contribution >= 4 is 5.97 Å². The van der Waals surface area contributed by atoms with Crippen LogP contribution in [-0.4, -0.2) is 27.7 Å². The van der Waals surface area contributed by atoms with Crippen molar-refractivity contribution in [3.8, 4) is 5.88 Å². The monoisotopic (exact) mass is 232 g/mol. The number of ether oxygens (including phenoxy) is 1. The molecule has 7 nitrogen and oxygen atoms in total. The third-order valence-electron chi connectivity index (χ3n) is 1.88. The lowest BCUT2D eigenvalue weighted by molar-refractivity contribution is -0.140. The summed E-state index contributed by atoms with van der Waals surface area (Å²) in [6.45, 7) is -0.287. The molecule has 1 aromatic heterocycles. The fourth-order valence-electron chi connectivity index (χ4n) is 1.05. The van der Waals surface area contributed by atoms with Crippen LogP contribution in [0.3, 0.4) is 0 Å². The van der Waals surface area contributed by atoms with Crippen molar-refractivity contribution in [2.24, 2.45) is 0 Å². The normalized spacial score (nSPS) is 10.1. The largest absolute Gasteiger partial charge is 0.492 e. The number of H-pyrrole nitrogens is 1. The van der Waals surface area contributed by atoms with E-state index in [1.54, 1.807) is 4.98 Å². The molecule has 0 aliphatic heterocycles. The average molecular weight is 232 g/mol. The molecule has 0 radical (unpaired) electrons. The minimum atomic E-state index is -1.47. The molecule has 0 saturated carbocycles. The number of carbonyl (C=O) groups is 1. The van der Waals surface area contributed by atoms with Crippen molar-refractivity contribution in [1.82, 2.24) is 9.55 Å². The second-order valence-corrected chi connectivity index (χ2v) is 2.87. The molecule has 0 saturated heterocycles. The van der Waals surface area contributed by atoms with E-state index in [0.29, 0.717) is 4.57 Å². The summed E-state index contributed by atoms with van der Waals surface area (Å²) in [6, 6.07) is 0. The molecule has 0 fully saturated rings. The summed E-state index contributed by atoms with van der Waals surface area (Å²) in [7, 11) is 1.15. The van der Waals surface area contributed by atoms with Gasteiger partial charge >= 0.3 is 11.7 Å². The summed E-state index contributed by atoms with van der Waals surface area (Å²) < 4.78 is 17.7. The van der Waals surface area contributed by atoms with Gasteiger partial charge in [-0.05, 0) is 0 Å². The molecule has 88 valence electrons. The predicted octanol–water partition coefficient (Wildman–Crippen LogP) is -1.06. The van der Waals surface area contributed by atoms with Gasteiger partial charge < -0.3 is 9.84 Å². The van der Waals surface area contributed by atoms with Crippen LogP contribution in [0.5, 0.6) is 5.88 Å². The van der Waals surface area contributed by atoms with Crippen molar-refractivity contribution in [2.45, 2.75) is 13.0 Å². The first kappa shape index (κ1) is 12.0. The van der Waals surface area contributed by atoms with Crippen LogP contribution < -0.4 is 11.2 Å². The molecule has 0 amide bonds. The highest BCUT2D eigenvalue weighted by Gasteiger charge is 2.14. The highest BCUT2D eigenvalue weighted by atomic mass is 19.1. The molecule has 1 aromatic rings. The highest BCUT2D eigenvalue weighted by molar-refractivity contribution is 5.68. The maximum atomic E-state index is 12.9. The molecule has 0 atom stereocenters. The molecular weight excluding hydrogens is 223 g/mol. The number of methoxy groups -OCH3 is 1. The van der Waals surface area contributed by atoms with Gasteiger partial charge in [0.05, 0.1) is 13.5 Å². The number of aromatic hydroxyl groups is 1. The molecule has 0 bridgehead atoms. The zero-order valence-corrected chi connectivity index (χ0v) is 8.32. The van der Waals surface area contributed by atoms with Gasteiger partial charge in [0.1, 0.15) is 0 Å². The van der Waals surface area contributed by atoms with Crippen molar-refractivity contribution in [2.75, 3.05) is 7.11 Å². The van der Waals surface area contributed by atoms with Crippen molar-refractivity contribution in [3.05, 3.63) is 26.7 Å².